The molecule has 1 amide bonds. The number of aromatic nitrogens is 2. The van der Waals surface area contributed by atoms with Crippen LogP contribution < -0.4 is 10.6 Å². The van der Waals surface area contributed by atoms with Crippen LogP contribution in [0.4, 0.5) is 4.39 Å². The van der Waals surface area contributed by atoms with Gasteiger partial charge in [-0.05, 0) is 56.0 Å². The number of halogens is 1. The molecule has 2 fully saturated rings. The molecular formula is C22H29FN4O. The molecule has 2 heterocycles. The first-order chi connectivity index (χ1) is 13.7. The molecule has 0 bridgehead atoms. The Balaban J connectivity index is 1.45. The fraction of sp³-hybridized carbons (Fsp3) is 0.545. The molecule has 1 atom stereocenters. The Morgan fingerprint density at radius 3 is 2.86 bits per heavy atom. The lowest BCUT2D eigenvalue weighted by Crippen LogP contribution is -2.42. The van der Waals surface area contributed by atoms with E-state index in [9.17, 15) is 9.18 Å². The van der Waals surface area contributed by atoms with Crippen molar-refractivity contribution in [2.45, 2.75) is 56.4 Å². The van der Waals surface area contributed by atoms with E-state index in [1.54, 1.807) is 18.2 Å². The lowest BCUT2D eigenvalue weighted by Gasteiger charge is -2.38. The molecule has 150 valence electrons. The molecule has 2 aliphatic rings. The monoisotopic (exact) mass is 384 g/mol. The van der Waals surface area contributed by atoms with E-state index in [1.807, 2.05) is 16.9 Å². The van der Waals surface area contributed by atoms with Crippen molar-refractivity contribution in [3.63, 3.8) is 0 Å². The standard InChI is InChI=1S/C22H29FN4O/c23-18-7-4-6-17(14-18)22(10-2-1-3-11-22)16-25-21(28)20-9-13-27(26-20)19-8-5-12-24-15-19/h4,6-7,9,13-14,19,24H,1-3,5,8,10-12,15-16H2,(H,25,28). The van der Waals surface area contributed by atoms with E-state index in [4.69, 9.17) is 0 Å². The molecule has 0 spiro atoms. The summed E-state index contributed by atoms with van der Waals surface area (Å²) in [5.41, 5.74) is 1.26. The Labute approximate surface area is 165 Å². The summed E-state index contributed by atoms with van der Waals surface area (Å²) < 4.78 is 15.7. The minimum Gasteiger partial charge on any atom is -0.350 e. The van der Waals surface area contributed by atoms with Crippen LogP contribution in [0.3, 0.4) is 0 Å². The summed E-state index contributed by atoms with van der Waals surface area (Å²) in [6.07, 6.45) is 9.46. The van der Waals surface area contributed by atoms with Crippen molar-refractivity contribution in [1.82, 2.24) is 20.4 Å². The first kappa shape index (κ1) is 19.1. The van der Waals surface area contributed by atoms with E-state index < -0.39 is 0 Å². The second-order valence-corrected chi connectivity index (χ2v) is 8.22. The van der Waals surface area contributed by atoms with Gasteiger partial charge in [0.05, 0.1) is 6.04 Å². The molecule has 1 aliphatic heterocycles. The quantitative estimate of drug-likeness (QED) is 0.828. The molecule has 1 saturated heterocycles. The van der Waals surface area contributed by atoms with Crippen LogP contribution in [0.5, 0.6) is 0 Å². The van der Waals surface area contributed by atoms with Gasteiger partial charge < -0.3 is 10.6 Å². The highest BCUT2D eigenvalue weighted by atomic mass is 19.1. The molecule has 6 heteroatoms. The second kappa shape index (κ2) is 8.43. The van der Waals surface area contributed by atoms with Gasteiger partial charge >= 0.3 is 0 Å². The lowest BCUT2D eigenvalue weighted by molar-refractivity contribution is 0.0930. The molecule has 0 radical (unpaired) electrons. The van der Waals surface area contributed by atoms with Gasteiger partial charge in [0.2, 0.25) is 0 Å². The fourth-order valence-electron chi connectivity index (χ4n) is 4.68. The number of hydrogen-bond acceptors (Lipinski definition) is 3. The van der Waals surface area contributed by atoms with Gasteiger partial charge in [0.1, 0.15) is 11.5 Å². The molecule has 1 aromatic heterocycles. The normalized spacial score (nSPS) is 22.0. The smallest absolute Gasteiger partial charge is 0.271 e. The van der Waals surface area contributed by atoms with Crippen molar-refractivity contribution < 1.29 is 9.18 Å². The number of carbonyl (C=O) groups is 1. The second-order valence-electron chi connectivity index (χ2n) is 8.22. The van der Waals surface area contributed by atoms with Gasteiger partial charge in [0.25, 0.3) is 5.91 Å². The molecule has 2 aromatic rings. The van der Waals surface area contributed by atoms with E-state index in [0.717, 1.165) is 57.2 Å². The summed E-state index contributed by atoms with van der Waals surface area (Å²) in [5, 5.41) is 11.0. The molecule has 1 aromatic carbocycles. The largest absolute Gasteiger partial charge is 0.350 e. The van der Waals surface area contributed by atoms with Crippen molar-refractivity contribution in [1.29, 1.82) is 0 Å². The Morgan fingerprint density at radius 1 is 1.25 bits per heavy atom. The van der Waals surface area contributed by atoms with E-state index in [1.165, 1.54) is 12.5 Å². The van der Waals surface area contributed by atoms with Crippen LogP contribution in [-0.4, -0.2) is 35.3 Å². The number of rotatable bonds is 5. The maximum atomic E-state index is 13.8. The predicted octanol–water partition coefficient (Wildman–Crippen LogP) is 3.58. The van der Waals surface area contributed by atoms with Crippen molar-refractivity contribution in [3.8, 4) is 0 Å². The Hall–Kier alpha value is -2.21. The molecule has 5 nitrogen and oxygen atoms in total. The molecule has 1 unspecified atom stereocenters. The van der Waals surface area contributed by atoms with Gasteiger partial charge in [-0.25, -0.2) is 4.39 Å². The van der Waals surface area contributed by atoms with Gasteiger partial charge in [-0.2, -0.15) is 5.10 Å². The summed E-state index contributed by atoms with van der Waals surface area (Å²) >= 11 is 0. The van der Waals surface area contributed by atoms with Crippen molar-refractivity contribution in [3.05, 3.63) is 53.6 Å². The zero-order chi connectivity index (χ0) is 19.4. The highest BCUT2D eigenvalue weighted by molar-refractivity contribution is 5.92. The third-order valence-corrected chi connectivity index (χ3v) is 6.32. The maximum absolute atomic E-state index is 13.8. The van der Waals surface area contributed by atoms with Gasteiger partial charge in [-0.1, -0.05) is 31.4 Å². The SMILES string of the molecule is O=C(NCC1(c2cccc(F)c2)CCCCC1)c1ccn(C2CCCNC2)n1. The highest BCUT2D eigenvalue weighted by Gasteiger charge is 2.34. The number of carbonyl (C=O) groups excluding carboxylic acids is 1. The number of piperidine rings is 1. The van der Waals surface area contributed by atoms with Crippen LogP contribution in [0.15, 0.2) is 36.5 Å². The van der Waals surface area contributed by atoms with Crippen molar-refractivity contribution >= 4 is 5.91 Å². The number of nitrogens with one attached hydrogen (secondary N) is 2. The van der Waals surface area contributed by atoms with Gasteiger partial charge in [0, 0.05) is 24.7 Å². The van der Waals surface area contributed by atoms with Crippen LogP contribution in [0, 0.1) is 5.82 Å². The summed E-state index contributed by atoms with van der Waals surface area (Å²) in [6.45, 7) is 2.46. The van der Waals surface area contributed by atoms with Crippen LogP contribution in [-0.2, 0) is 5.41 Å². The Morgan fingerprint density at radius 2 is 2.11 bits per heavy atom. The highest BCUT2D eigenvalue weighted by Crippen LogP contribution is 2.39. The van der Waals surface area contributed by atoms with E-state index in [-0.39, 0.29) is 17.1 Å². The summed E-state index contributed by atoms with van der Waals surface area (Å²) in [5.74, 6) is -0.363. The Bertz CT molecular complexity index is 806. The van der Waals surface area contributed by atoms with Gasteiger partial charge in [-0.15, -0.1) is 0 Å². The van der Waals surface area contributed by atoms with Crippen LogP contribution in [0.25, 0.3) is 0 Å². The zero-order valence-corrected chi connectivity index (χ0v) is 16.3. The third-order valence-electron chi connectivity index (χ3n) is 6.32. The average Bonchev–Trinajstić information content (AvgIpc) is 3.24. The van der Waals surface area contributed by atoms with Crippen LogP contribution in [0.2, 0.25) is 0 Å². The molecule has 1 aliphatic carbocycles. The predicted molar refractivity (Wildman–Crippen MR) is 107 cm³/mol. The summed E-state index contributed by atoms with van der Waals surface area (Å²) in [7, 11) is 0. The number of nitrogens with zero attached hydrogens (tertiary/aromatic N) is 2. The molecule has 4 rings (SSSR count). The van der Waals surface area contributed by atoms with E-state index in [2.05, 4.69) is 15.7 Å². The summed E-state index contributed by atoms with van der Waals surface area (Å²) in [6, 6.07) is 8.97. The molecule has 1 saturated carbocycles. The lowest BCUT2D eigenvalue weighted by atomic mass is 9.69. The van der Waals surface area contributed by atoms with Crippen LogP contribution in [0.1, 0.15) is 67.0 Å². The third kappa shape index (κ3) is 4.12. The Kier molecular flexibility index (Phi) is 5.76. The fourth-order valence-corrected chi connectivity index (χ4v) is 4.68. The number of hydrogen-bond donors (Lipinski definition) is 2. The minimum atomic E-state index is -0.214. The first-order valence-electron chi connectivity index (χ1n) is 10.5. The maximum Gasteiger partial charge on any atom is 0.271 e. The average molecular weight is 384 g/mol. The van der Waals surface area contributed by atoms with Crippen molar-refractivity contribution in [2.24, 2.45) is 0 Å². The van der Waals surface area contributed by atoms with Crippen LogP contribution >= 0.6 is 0 Å². The topological polar surface area (TPSA) is 59.0 Å². The minimum absolute atomic E-state index is 0.149. The molecule has 2 N–H and O–H groups in total. The summed E-state index contributed by atoms with van der Waals surface area (Å²) in [4.78, 5) is 12.7. The first-order valence-corrected chi connectivity index (χ1v) is 10.5. The van der Waals surface area contributed by atoms with Crippen molar-refractivity contribution in [2.75, 3.05) is 19.6 Å². The molecular weight excluding hydrogens is 355 g/mol. The van der Waals surface area contributed by atoms with E-state index >= 15 is 0 Å². The number of benzene rings is 1. The van der Waals surface area contributed by atoms with Gasteiger partial charge in [-0.3, -0.25) is 9.48 Å². The van der Waals surface area contributed by atoms with E-state index in [0.29, 0.717) is 18.3 Å². The number of amides is 1. The van der Waals surface area contributed by atoms with Gasteiger partial charge in [0.15, 0.2) is 0 Å². The molecule has 28 heavy (non-hydrogen) atoms. The zero-order valence-electron chi connectivity index (χ0n) is 16.3.